The minimum atomic E-state index is 0.713. The number of unbranched alkanes of at least 4 members (excludes halogenated alkanes) is 1. The molecule has 0 atom stereocenters. The molecule has 1 aromatic heterocycles. The summed E-state index contributed by atoms with van der Waals surface area (Å²) in [5, 5.41) is 1.67. The van der Waals surface area contributed by atoms with Gasteiger partial charge in [0.15, 0.2) is 0 Å². The predicted octanol–water partition coefficient (Wildman–Crippen LogP) is 8.13. The van der Waals surface area contributed by atoms with Gasteiger partial charge in [0.25, 0.3) is 0 Å². The lowest BCUT2D eigenvalue weighted by atomic mass is 10.0. The number of nitrogens with zero attached hydrogens (tertiary/aromatic N) is 4. The van der Waals surface area contributed by atoms with Crippen LogP contribution in [0.15, 0.2) is 66.3 Å². The van der Waals surface area contributed by atoms with Crippen LogP contribution in [0.25, 0.3) is 27.9 Å². The van der Waals surface area contributed by atoms with E-state index in [0.29, 0.717) is 5.02 Å². The maximum atomic E-state index is 6.67. The molecule has 5 heteroatoms. The molecule has 0 bridgehead atoms. The van der Waals surface area contributed by atoms with E-state index in [2.05, 4.69) is 92.0 Å². The smallest absolute Gasteiger partial charge is 0.0731 e. The number of halogens is 1. The summed E-state index contributed by atoms with van der Waals surface area (Å²) in [6.45, 7) is 20.8. The van der Waals surface area contributed by atoms with Gasteiger partial charge in [-0.25, -0.2) is 4.98 Å². The average molecular weight is 501 g/mol. The maximum absolute atomic E-state index is 6.67. The summed E-state index contributed by atoms with van der Waals surface area (Å²) in [6, 6.07) is 14.6. The SMILES string of the molecule is C=C(C)N1CCN(C(=C)c2ccc3c(Cl)cc(-c4ccc5c(c4)CC(C)=N5)nc3c2)CC1.CCCC. The van der Waals surface area contributed by atoms with Gasteiger partial charge in [0, 0.05) is 60.7 Å². The highest BCUT2D eigenvalue weighted by Gasteiger charge is 2.19. The molecule has 0 amide bonds. The van der Waals surface area contributed by atoms with Gasteiger partial charge in [-0.05, 0) is 49.2 Å². The standard InChI is InChI=1S/C27H27ClN4.C4H10/c1-17(2)31-9-11-32(12-10-31)19(4)20-5-7-23-24(28)16-26(30-27(23)15-20)21-6-8-25-22(14-21)13-18(3)29-25;1-3-4-2/h5-8,14-16H,1,4,9-13H2,2-3H3;3-4H2,1-2H3. The first-order valence-corrected chi connectivity index (χ1v) is 13.3. The molecule has 0 N–H and O–H groups in total. The number of aromatic nitrogens is 1. The van der Waals surface area contributed by atoms with Gasteiger partial charge < -0.3 is 9.80 Å². The van der Waals surface area contributed by atoms with E-state index in [-0.39, 0.29) is 0 Å². The topological polar surface area (TPSA) is 31.7 Å². The fourth-order valence-electron chi connectivity index (χ4n) is 4.57. The van der Waals surface area contributed by atoms with E-state index in [4.69, 9.17) is 16.6 Å². The molecule has 188 valence electrons. The summed E-state index contributed by atoms with van der Waals surface area (Å²) in [5.74, 6) is 0. The summed E-state index contributed by atoms with van der Waals surface area (Å²) < 4.78 is 0. The van der Waals surface area contributed by atoms with Crippen molar-refractivity contribution in [3.05, 3.63) is 77.5 Å². The van der Waals surface area contributed by atoms with Crippen molar-refractivity contribution < 1.29 is 0 Å². The Hall–Kier alpha value is -3.11. The van der Waals surface area contributed by atoms with Crippen molar-refractivity contribution >= 4 is 39.6 Å². The largest absolute Gasteiger partial charge is 0.372 e. The van der Waals surface area contributed by atoms with Gasteiger partial charge in [-0.1, -0.05) is 69.6 Å². The van der Waals surface area contributed by atoms with E-state index in [1.54, 1.807) is 0 Å². The molecule has 0 radical (unpaired) electrons. The molecule has 1 fully saturated rings. The maximum Gasteiger partial charge on any atom is 0.0731 e. The van der Waals surface area contributed by atoms with Gasteiger partial charge in [0.1, 0.15) is 0 Å². The lowest BCUT2D eigenvalue weighted by Crippen LogP contribution is -2.44. The van der Waals surface area contributed by atoms with Crippen LogP contribution in [0.1, 0.15) is 51.7 Å². The molecule has 0 aliphatic carbocycles. The third kappa shape index (κ3) is 5.65. The van der Waals surface area contributed by atoms with Crippen molar-refractivity contribution in [3.8, 4) is 11.3 Å². The zero-order chi connectivity index (χ0) is 25.8. The van der Waals surface area contributed by atoms with Crippen molar-refractivity contribution in [2.75, 3.05) is 26.2 Å². The van der Waals surface area contributed by atoms with Crippen LogP contribution in [0.2, 0.25) is 5.02 Å². The Kier molecular flexibility index (Phi) is 8.15. The summed E-state index contributed by atoms with van der Waals surface area (Å²) >= 11 is 6.67. The first-order chi connectivity index (χ1) is 17.3. The molecule has 0 unspecified atom stereocenters. The van der Waals surface area contributed by atoms with Gasteiger partial charge in [0.05, 0.1) is 21.9 Å². The van der Waals surface area contributed by atoms with Crippen molar-refractivity contribution in [1.82, 2.24) is 14.8 Å². The highest BCUT2D eigenvalue weighted by atomic mass is 35.5. The second-order valence-corrected chi connectivity index (χ2v) is 10.2. The van der Waals surface area contributed by atoms with Crippen LogP contribution in [0, 0.1) is 0 Å². The third-order valence-corrected chi connectivity index (χ3v) is 7.24. The minimum Gasteiger partial charge on any atom is -0.372 e. The Morgan fingerprint density at radius 2 is 1.64 bits per heavy atom. The molecule has 0 saturated carbocycles. The Morgan fingerprint density at radius 3 is 2.31 bits per heavy atom. The number of hydrogen-bond acceptors (Lipinski definition) is 4. The first kappa shape index (κ1) is 26.0. The normalized spacial score (nSPS) is 14.8. The van der Waals surface area contributed by atoms with Gasteiger partial charge in [-0.15, -0.1) is 0 Å². The summed E-state index contributed by atoms with van der Waals surface area (Å²) in [7, 11) is 0. The van der Waals surface area contributed by atoms with E-state index in [1.165, 1.54) is 18.4 Å². The average Bonchev–Trinajstić information content (AvgIpc) is 3.27. The van der Waals surface area contributed by atoms with Gasteiger partial charge in [-0.3, -0.25) is 4.99 Å². The van der Waals surface area contributed by atoms with Crippen LogP contribution in [0.5, 0.6) is 0 Å². The Balaban J connectivity index is 0.000000709. The Labute approximate surface area is 221 Å². The monoisotopic (exact) mass is 500 g/mol. The van der Waals surface area contributed by atoms with Crippen LogP contribution in [0.3, 0.4) is 0 Å². The number of pyridine rings is 1. The van der Waals surface area contributed by atoms with Crippen molar-refractivity contribution in [2.45, 2.75) is 47.0 Å². The molecule has 2 aliphatic heterocycles. The van der Waals surface area contributed by atoms with Gasteiger partial charge in [-0.2, -0.15) is 0 Å². The quantitative estimate of drug-likeness (QED) is 0.354. The molecule has 3 aromatic rings. The number of benzene rings is 2. The molecule has 5 rings (SSSR count). The van der Waals surface area contributed by atoms with Crippen molar-refractivity contribution in [3.63, 3.8) is 0 Å². The van der Waals surface area contributed by atoms with Crippen LogP contribution in [0.4, 0.5) is 5.69 Å². The second kappa shape index (κ2) is 11.3. The highest BCUT2D eigenvalue weighted by Crippen LogP contribution is 2.34. The molecule has 36 heavy (non-hydrogen) atoms. The summed E-state index contributed by atoms with van der Waals surface area (Å²) in [6.07, 6.45) is 3.53. The minimum absolute atomic E-state index is 0.713. The van der Waals surface area contributed by atoms with Crippen LogP contribution in [-0.2, 0) is 6.42 Å². The van der Waals surface area contributed by atoms with Gasteiger partial charge in [0.2, 0.25) is 0 Å². The number of piperazine rings is 1. The lowest BCUT2D eigenvalue weighted by molar-refractivity contribution is 0.215. The van der Waals surface area contributed by atoms with E-state index in [9.17, 15) is 0 Å². The zero-order valence-corrected chi connectivity index (χ0v) is 22.8. The van der Waals surface area contributed by atoms with E-state index < -0.39 is 0 Å². The van der Waals surface area contributed by atoms with E-state index >= 15 is 0 Å². The Bertz CT molecular complexity index is 1310. The highest BCUT2D eigenvalue weighted by molar-refractivity contribution is 6.35. The lowest BCUT2D eigenvalue weighted by Gasteiger charge is -2.38. The van der Waals surface area contributed by atoms with E-state index in [0.717, 1.165) is 83.1 Å². The Morgan fingerprint density at radius 1 is 0.944 bits per heavy atom. The molecule has 4 nitrogen and oxygen atoms in total. The third-order valence-electron chi connectivity index (χ3n) is 6.93. The molecular formula is C31H37ClN4. The van der Waals surface area contributed by atoms with Crippen LogP contribution >= 0.6 is 11.6 Å². The number of allylic oxidation sites excluding steroid dienone is 1. The van der Waals surface area contributed by atoms with Gasteiger partial charge >= 0.3 is 0 Å². The fourth-order valence-corrected chi connectivity index (χ4v) is 4.83. The number of fused-ring (bicyclic) bond motifs is 2. The van der Waals surface area contributed by atoms with Crippen molar-refractivity contribution in [1.29, 1.82) is 0 Å². The van der Waals surface area contributed by atoms with E-state index in [1.807, 2.05) is 6.07 Å². The molecule has 1 saturated heterocycles. The zero-order valence-electron chi connectivity index (χ0n) is 22.1. The molecular weight excluding hydrogens is 464 g/mol. The van der Waals surface area contributed by atoms with Crippen LogP contribution < -0.4 is 0 Å². The van der Waals surface area contributed by atoms with Crippen molar-refractivity contribution in [2.24, 2.45) is 4.99 Å². The molecule has 0 spiro atoms. The summed E-state index contributed by atoms with van der Waals surface area (Å²) in [5.41, 5.74) is 9.53. The van der Waals surface area contributed by atoms with Crippen LogP contribution in [-0.4, -0.2) is 46.7 Å². The summed E-state index contributed by atoms with van der Waals surface area (Å²) in [4.78, 5) is 14.2. The predicted molar refractivity (Wildman–Crippen MR) is 156 cm³/mol. The molecule has 3 heterocycles. The molecule has 2 aromatic carbocycles. The molecule has 2 aliphatic rings. The number of rotatable bonds is 5. The fraction of sp³-hybridized carbons (Fsp3) is 0.355. The second-order valence-electron chi connectivity index (χ2n) is 9.74. The number of aliphatic imine (C=N–C) groups is 1. The first-order valence-electron chi connectivity index (χ1n) is 12.9. The number of hydrogen-bond donors (Lipinski definition) is 0.